The maximum absolute atomic E-state index is 11.2. The van der Waals surface area contributed by atoms with Gasteiger partial charge < -0.3 is 16.2 Å². The van der Waals surface area contributed by atoms with Gasteiger partial charge in [0, 0.05) is 12.8 Å². The number of amides is 2. The molecule has 0 radical (unpaired) electrons. The Kier molecular flexibility index (Phi) is 27.9. The van der Waals surface area contributed by atoms with E-state index in [0.29, 0.717) is 12.8 Å². The van der Waals surface area contributed by atoms with Crippen molar-refractivity contribution < 1.29 is 19.5 Å². The molecule has 6 heteroatoms. The van der Waals surface area contributed by atoms with E-state index in [1.54, 1.807) is 0 Å². The third-order valence-electron chi connectivity index (χ3n) is 5.46. The van der Waals surface area contributed by atoms with E-state index in [-0.39, 0.29) is 12.5 Å². The molecule has 0 heterocycles. The van der Waals surface area contributed by atoms with Crippen LogP contribution < -0.4 is 11.1 Å². The number of hydrogen-bond donors (Lipinski definition) is 3. The Hall–Kier alpha value is -1.59. The highest BCUT2D eigenvalue weighted by Gasteiger charge is 2.02. The monoisotopic (exact) mass is 456 g/mol. The van der Waals surface area contributed by atoms with Crippen LogP contribution in [0.25, 0.3) is 0 Å². The van der Waals surface area contributed by atoms with Gasteiger partial charge in [-0.2, -0.15) is 0 Å². The first-order chi connectivity index (χ1) is 15.4. The SMILES string of the molecule is CCCCCCCCCCCC(=O)NCC(N)=O.CCCCCCCCCCCC(=O)O. The Bertz CT molecular complexity index is 442. The van der Waals surface area contributed by atoms with E-state index in [0.717, 1.165) is 25.7 Å². The first kappa shape index (κ1) is 32.6. The summed E-state index contributed by atoms with van der Waals surface area (Å²) >= 11 is 0. The van der Waals surface area contributed by atoms with E-state index in [1.807, 2.05) is 0 Å². The smallest absolute Gasteiger partial charge is 0.303 e. The Morgan fingerprint density at radius 3 is 1.28 bits per heavy atom. The number of nitrogens with two attached hydrogens (primary N) is 1. The molecule has 0 fully saturated rings. The molecule has 0 spiro atoms. The van der Waals surface area contributed by atoms with Crippen LogP contribution in [0, 0.1) is 0 Å². The van der Waals surface area contributed by atoms with Crippen molar-refractivity contribution in [1.29, 1.82) is 0 Å². The summed E-state index contributed by atoms with van der Waals surface area (Å²) in [5.74, 6) is -1.22. The second-order valence-corrected chi connectivity index (χ2v) is 8.79. The molecule has 0 aliphatic rings. The van der Waals surface area contributed by atoms with Crippen molar-refractivity contribution in [2.24, 2.45) is 5.73 Å². The van der Waals surface area contributed by atoms with E-state index in [4.69, 9.17) is 10.8 Å². The Balaban J connectivity index is 0. The van der Waals surface area contributed by atoms with E-state index in [9.17, 15) is 14.4 Å². The zero-order valence-electron chi connectivity index (χ0n) is 21.1. The quantitative estimate of drug-likeness (QED) is 0.161. The summed E-state index contributed by atoms with van der Waals surface area (Å²) in [6.45, 7) is 4.41. The summed E-state index contributed by atoms with van der Waals surface area (Å²) in [7, 11) is 0. The summed E-state index contributed by atoms with van der Waals surface area (Å²) < 4.78 is 0. The maximum Gasteiger partial charge on any atom is 0.303 e. The van der Waals surface area contributed by atoms with Gasteiger partial charge in [0.1, 0.15) is 0 Å². The van der Waals surface area contributed by atoms with Crippen molar-refractivity contribution in [2.45, 2.75) is 142 Å². The number of carboxylic acids is 1. The van der Waals surface area contributed by atoms with Crippen LogP contribution in [-0.4, -0.2) is 29.4 Å². The molecule has 6 nitrogen and oxygen atoms in total. The number of aliphatic carboxylic acids is 1. The number of nitrogens with one attached hydrogen (secondary N) is 1. The Labute approximate surface area is 197 Å². The van der Waals surface area contributed by atoms with Crippen LogP contribution in [0.5, 0.6) is 0 Å². The Morgan fingerprint density at radius 2 is 0.938 bits per heavy atom. The van der Waals surface area contributed by atoms with Crippen molar-refractivity contribution in [3.05, 3.63) is 0 Å². The predicted octanol–water partition coefficient (Wildman–Crippen LogP) is 6.50. The summed E-state index contributed by atoms with van der Waals surface area (Å²) in [6.07, 6.45) is 23.1. The van der Waals surface area contributed by atoms with Crippen LogP contribution in [0.15, 0.2) is 0 Å². The van der Waals surface area contributed by atoms with Gasteiger partial charge in [-0.15, -0.1) is 0 Å². The fourth-order valence-corrected chi connectivity index (χ4v) is 3.46. The average molecular weight is 457 g/mol. The number of rotatable bonds is 22. The molecular weight excluding hydrogens is 404 g/mol. The lowest BCUT2D eigenvalue weighted by atomic mass is 10.1. The standard InChI is InChI=1S/C14H28N2O2.C12H24O2/c1-2-3-4-5-6-7-8-9-10-11-14(18)16-12-13(15)17;1-2-3-4-5-6-7-8-9-10-11-12(13)14/h2-12H2,1H3,(H2,15,17)(H,16,18);2-11H2,1H3,(H,13,14). The maximum atomic E-state index is 11.2. The highest BCUT2D eigenvalue weighted by molar-refractivity contribution is 5.83. The van der Waals surface area contributed by atoms with Gasteiger partial charge in [-0.25, -0.2) is 0 Å². The second kappa shape index (κ2) is 27.4. The molecule has 4 N–H and O–H groups in total. The minimum absolute atomic E-state index is 0.0454. The van der Waals surface area contributed by atoms with Gasteiger partial charge >= 0.3 is 5.97 Å². The summed E-state index contributed by atoms with van der Waals surface area (Å²) in [4.78, 5) is 31.9. The molecule has 0 aromatic rings. The van der Waals surface area contributed by atoms with Crippen molar-refractivity contribution in [3.63, 3.8) is 0 Å². The molecule has 190 valence electrons. The first-order valence-electron chi connectivity index (χ1n) is 13.2. The van der Waals surface area contributed by atoms with E-state index in [1.165, 1.54) is 89.9 Å². The van der Waals surface area contributed by atoms with Crippen LogP contribution >= 0.6 is 0 Å². The number of carboxylic acid groups (broad SMARTS) is 1. The lowest BCUT2D eigenvalue weighted by Gasteiger charge is -2.03. The number of unbranched alkanes of at least 4 members (excludes halogenated alkanes) is 16. The summed E-state index contributed by atoms with van der Waals surface area (Å²) in [6, 6.07) is 0. The molecule has 0 unspecified atom stereocenters. The van der Waals surface area contributed by atoms with Gasteiger partial charge in [-0.3, -0.25) is 14.4 Å². The number of hydrogen-bond acceptors (Lipinski definition) is 3. The van der Waals surface area contributed by atoms with Gasteiger partial charge in [0.25, 0.3) is 0 Å². The molecule has 0 aliphatic heterocycles. The third-order valence-corrected chi connectivity index (χ3v) is 5.46. The molecule has 32 heavy (non-hydrogen) atoms. The van der Waals surface area contributed by atoms with Crippen molar-refractivity contribution in [2.75, 3.05) is 6.54 Å². The topological polar surface area (TPSA) is 109 Å². The molecule has 2 amide bonds. The third kappa shape index (κ3) is 33.1. The highest BCUT2D eigenvalue weighted by Crippen LogP contribution is 2.11. The van der Waals surface area contributed by atoms with Gasteiger partial charge in [0.05, 0.1) is 6.54 Å². The first-order valence-corrected chi connectivity index (χ1v) is 13.2. The predicted molar refractivity (Wildman–Crippen MR) is 134 cm³/mol. The van der Waals surface area contributed by atoms with Gasteiger partial charge in [-0.1, -0.05) is 117 Å². The van der Waals surface area contributed by atoms with Gasteiger partial charge in [-0.05, 0) is 12.8 Å². The number of primary amides is 1. The molecule has 0 aromatic heterocycles. The van der Waals surface area contributed by atoms with Crippen LogP contribution in [-0.2, 0) is 14.4 Å². The molecule has 0 atom stereocenters. The molecule has 0 aliphatic carbocycles. The fraction of sp³-hybridized carbons (Fsp3) is 0.885. The normalized spacial score (nSPS) is 10.3. The highest BCUT2D eigenvalue weighted by atomic mass is 16.4. The van der Waals surface area contributed by atoms with E-state index >= 15 is 0 Å². The van der Waals surface area contributed by atoms with Crippen LogP contribution in [0.2, 0.25) is 0 Å². The largest absolute Gasteiger partial charge is 0.481 e. The lowest BCUT2D eigenvalue weighted by Crippen LogP contribution is -2.33. The van der Waals surface area contributed by atoms with Crippen LogP contribution in [0.1, 0.15) is 142 Å². The van der Waals surface area contributed by atoms with Crippen LogP contribution in [0.4, 0.5) is 0 Å². The molecule has 0 saturated carbocycles. The van der Waals surface area contributed by atoms with Crippen molar-refractivity contribution in [1.82, 2.24) is 5.32 Å². The van der Waals surface area contributed by atoms with E-state index in [2.05, 4.69) is 19.2 Å². The summed E-state index contributed by atoms with van der Waals surface area (Å²) in [5.41, 5.74) is 4.93. The number of carbonyl (C=O) groups is 3. The minimum atomic E-state index is -0.659. The number of carbonyl (C=O) groups excluding carboxylic acids is 2. The molecule has 0 bridgehead atoms. The fourth-order valence-electron chi connectivity index (χ4n) is 3.46. The van der Waals surface area contributed by atoms with Crippen molar-refractivity contribution in [3.8, 4) is 0 Å². The molecule has 0 aromatic carbocycles. The van der Waals surface area contributed by atoms with Gasteiger partial charge in [0.2, 0.25) is 11.8 Å². The lowest BCUT2D eigenvalue weighted by molar-refractivity contribution is -0.137. The second-order valence-electron chi connectivity index (χ2n) is 8.79. The molecule has 0 rings (SSSR count). The van der Waals surface area contributed by atoms with Crippen LogP contribution in [0.3, 0.4) is 0 Å². The van der Waals surface area contributed by atoms with Gasteiger partial charge in [0.15, 0.2) is 0 Å². The average Bonchev–Trinajstić information content (AvgIpc) is 2.75. The molecule has 0 saturated heterocycles. The molecular formula is C26H52N2O4. The zero-order chi connectivity index (χ0) is 24.3. The van der Waals surface area contributed by atoms with E-state index < -0.39 is 11.9 Å². The minimum Gasteiger partial charge on any atom is -0.481 e. The Morgan fingerprint density at radius 1 is 0.594 bits per heavy atom. The zero-order valence-corrected chi connectivity index (χ0v) is 21.1. The van der Waals surface area contributed by atoms with Crippen molar-refractivity contribution >= 4 is 17.8 Å². The summed E-state index contributed by atoms with van der Waals surface area (Å²) in [5, 5.41) is 10.9.